The van der Waals surface area contributed by atoms with Crippen molar-refractivity contribution in [2.45, 2.75) is 25.7 Å². The highest BCUT2D eigenvalue weighted by Crippen LogP contribution is 2.42. The van der Waals surface area contributed by atoms with Crippen LogP contribution in [0.25, 0.3) is 11.4 Å². The highest BCUT2D eigenvalue weighted by Gasteiger charge is 2.37. The lowest BCUT2D eigenvalue weighted by Crippen LogP contribution is -2.39. The average molecular weight is 273 g/mol. The summed E-state index contributed by atoms with van der Waals surface area (Å²) in [4.78, 5) is 4.48. The summed E-state index contributed by atoms with van der Waals surface area (Å²) < 4.78 is 10.6. The van der Waals surface area contributed by atoms with Gasteiger partial charge in [0.25, 0.3) is 0 Å². The molecule has 0 saturated heterocycles. The van der Waals surface area contributed by atoms with Gasteiger partial charge in [0, 0.05) is 12.0 Å². The summed E-state index contributed by atoms with van der Waals surface area (Å²) in [5, 5.41) is 4.06. The van der Waals surface area contributed by atoms with Crippen LogP contribution in [0.15, 0.2) is 28.8 Å². The van der Waals surface area contributed by atoms with Gasteiger partial charge >= 0.3 is 0 Å². The maximum Gasteiger partial charge on any atom is 0.227 e. The number of ether oxygens (including phenoxy) is 1. The van der Waals surface area contributed by atoms with Crippen LogP contribution < -0.4 is 10.5 Å². The first-order valence-electron chi connectivity index (χ1n) is 6.92. The van der Waals surface area contributed by atoms with E-state index in [4.69, 9.17) is 15.0 Å². The number of methoxy groups -OCH3 is 1. The van der Waals surface area contributed by atoms with Crippen LogP contribution in [-0.2, 0) is 6.42 Å². The van der Waals surface area contributed by atoms with Crippen LogP contribution in [0.5, 0.6) is 5.75 Å². The molecule has 3 rings (SSSR count). The largest absolute Gasteiger partial charge is 0.497 e. The Hall–Kier alpha value is -1.88. The van der Waals surface area contributed by atoms with Gasteiger partial charge in [0.2, 0.25) is 11.7 Å². The monoisotopic (exact) mass is 273 g/mol. The van der Waals surface area contributed by atoms with Gasteiger partial charge in [-0.25, -0.2) is 0 Å². The van der Waals surface area contributed by atoms with Crippen molar-refractivity contribution in [3.8, 4) is 17.1 Å². The highest BCUT2D eigenvalue weighted by molar-refractivity contribution is 5.56. The maximum absolute atomic E-state index is 5.87. The van der Waals surface area contributed by atoms with Gasteiger partial charge in [-0.3, -0.25) is 0 Å². The third-order valence-electron chi connectivity index (χ3n) is 4.17. The molecule has 0 bridgehead atoms. The summed E-state index contributed by atoms with van der Waals surface area (Å²) in [7, 11) is 1.64. The van der Waals surface area contributed by atoms with Gasteiger partial charge in [0.15, 0.2) is 0 Å². The third-order valence-corrected chi connectivity index (χ3v) is 4.17. The van der Waals surface area contributed by atoms with E-state index in [-0.39, 0.29) is 5.41 Å². The Bertz CT molecular complexity index is 585. The molecular weight excluding hydrogens is 254 g/mol. The molecule has 20 heavy (non-hydrogen) atoms. The second-order valence-corrected chi connectivity index (χ2v) is 5.48. The molecule has 0 unspecified atom stereocenters. The number of benzene rings is 1. The van der Waals surface area contributed by atoms with E-state index in [1.54, 1.807) is 7.11 Å². The van der Waals surface area contributed by atoms with Gasteiger partial charge in [-0.2, -0.15) is 4.98 Å². The van der Waals surface area contributed by atoms with Crippen LogP contribution in [0.3, 0.4) is 0 Å². The lowest BCUT2D eigenvalue weighted by atomic mass is 9.67. The zero-order valence-electron chi connectivity index (χ0n) is 11.6. The van der Waals surface area contributed by atoms with Gasteiger partial charge in [-0.1, -0.05) is 23.7 Å². The fraction of sp³-hybridized carbons (Fsp3) is 0.467. The molecule has 1 aliphatic rings. The van der Waals surface area contributed by atoms with E-state index in [2.05, 4.69) is 10.1 Å². The van der Waals surface area contributed by atoms with Crippen molar-refractivity contribution in [3.63, 3.8) is 0 Å². The van der Waals surface area contributed by atoms with Gasteiger partial charge in [-0.05, 0) is 36.9 Å². The topological polar surface area (TPSA) is 74.2 Å². The summed E-state index contributed by atoms with van der Waals surface area (Å²) >= 11 is 0. The first kappa shape index (κ1) is 13.1. The minimum absolute atomic E-state index is 0.179. The molecule has 0 amide bonds. The van der Waals surface area contributed by atoms with Crippen molar-refractivity contribution in [3.05, 3.63) is 30.2 Å². The Morgan fingerprint density at radius 3 is 2.90 bits per heavy atom. The maximum atomic E-state index is 5.87. The fourth-order valence-corrected chi connectivity index (χ4v) is 2.66. The number of hydrogen-bond acceptors (Lipinski definition) is 5. The molecule has 1 aliphatic carbocycles. The zero-order valence-corrected chi connectivity index (χ0v) is 11.6. The van der Waals surface area contributed by atoms with Crippen molar-refractivity contribution in [1.82, 2.24) is 10.1 Å². The molecular formula is C15H19N3O2. The normalized spacial score (nSPS) is 16.7. The molecule has 1 fully saturated rings. The fourth-order valence-electron chi connectivity index (χ4n) is 2.66. The molecule has 1 saturated carbocycles. The zero-order chi connectivity index (χ0) is 14.0. The molecule has 2 N–H and O–H groups in total. The average Bonchev–Trinajstić information content (AvgIpc) is 2.91. The van der Waals surface area contributed by atoms with Gasteiger partial charge in [0.1, 0.15) is 5.75 Å². The van der Waals surface area contributed by atoms with Gasteiger partial charge in [0.05, 0.1) is 7.11 Å². The van der Waals surface area contributed by atoms with Crippen molar-refractivity contribution in [2.75, 3.05) is 13.7 Å². The number of nitrogens with two attached hydrogens (primary N) is 1. The van der Waals surface area contributed by atoms with Crippen molar-refractivity contribution < 1.29 is 9.26 Å². The molecule has 0 aliphatic heterocycles. The van der Waals surface area contributed by atoms with Crippen molar-refractivity contribution in [1.29, 1.82) is 0 Å². The molecule has 0 radical (unpaired) electrons. The van der Waals surface area contributed by atoms with Crippen LogP contribution in [0.4, 0.5) is 0 Å². The van der Waals surface area contributed by atoms with Gasteiger partial charge in [-0.15, -0.1) is 0 Å². The van der Waals surface area contributed by atoms with Crippen molar-refractivity contribution >= 4 is 0 Å². The third kappa shape index (κ3) is 2.41. The standard InChI is InChI=1S/C15H19N3O2/c1-19-12-5-2-4-11(8-12)14-17-13(20-18-14)9-15(10-16)6-3-7-15/h2,4-5,8H,3,6-7,9-10,16H2,1H3. The number of nitrogens with zero attached hydrogens (tertiary/aromatic N) is 2. The summed E-state index contributed by atoms with van der Waals surface area (Å²) in [5.41, 5.74) is 6.94. The second kappa shape index (κ2) is 5.25. The van der Waals surface area contributed by atoms with E-state index in [0.717, 1.165) is 30.6 Å². The summed E-state index contributed by atoms with van der Waals surface area (Å²) in [6, 6.07) is 7.65. The predicted molar refractivity (Wildman–Crippen MR) is 75.3 cm³/mol. The molecule has 0 atom stereocenters. The quantitative estimate of drug-likeness (QED) is 0.905. The first-order valence-corrected chi connectivity index (χ1v) is 6.92. The Morgan fingerprint density at radius 1 is 1.40 bits per heavy atom. The molecule has 1 heterocycles. The lowest BCUT2D eigenvalue weighted by Gasteiger charge is -2.39. The van der Waals surface area contributed by atoms with E-state index in [1.807, 2.05) is 24.3 Å². The van der Waals surface area contributed by atoms with E-state index in [0.29, 0.717) is 18.3 Å². The van der Waals surface area contributed by atoms with E-state index >= 15 is 0 Å². The molecule has 2 aromatic rings. The molecule has 5 heteroatoms. The van der Waals surface area contributed by atoms with Crippen LogP contribution in [0.2, 0.25) is 0 Å². The minimum Gasteiger partial charge on any atom is -0.497 e. The van der Waals surface area contributed by atoms with Crippen LogP contribution in [-0.4, -0.2) is 23.8 Å². The van der Waals surface area contributed by atoms with Crippen LogP contribution >= 0.6 is 0 Å². The smallest absolute Gasteiger partial charge is 0.227 e. The lowest BCUT2D eigenvalue weighted by molar-refractivity contribution is 0.129. The molecule has 0 spiro atoms. The summed E-state index contributed by atoms with van der Waals surface area (Å²) in [6.45, 7) is 0.684. The number of aromatic nitrogens is 2. The van der Waals surface area contributed by atoms with Crippen molar-refractivity contribution in [2.24, 2.45) is 11.1 Å². The second-order valence-electron chi connectivity index (χ2n) is 5.48. The molecule has 106 valence electrons. The van der Waals surface area contributed by atoms with E-state index < -0.39 is 0 Å². The number of hydrogen-bond donors (Lipinski definition) is 1. The van der Waals surface area contributed by atoms with E-state index in [1.165, 1.54) is 6.42 Å². The van der Waals surface area contributed by atoms with Crippen LogP contribution in [0.1, 0.15) is 25.2 Å². The predicted octanol–water partition coefficient (Wildman–Crippen LogP) is 2.42. The Morgan fingerprint density at radius 2 is 2.25 bits per heavy atom. The van der Waals surface area contributed by atoms with Crippen LogP contribution in [0, 0.1) is 5.41 Å². The Kier molecular flexibility index (Phi) is 3.44. The van der Waals surface area contributed by atoms with E-state index in [9.17, 15) is 0 Å². The number of rotatable bonds is 5. The summed E-state index contributed by atoms with van der Waals surface area (Å²) in [6.07, 6.45) is 4.33. The first-order chi connectivity index (χ1) is 9.74. The molecule has 1 aromatic heterocycles. The Labute approximate surface area is 118 Å². The molecule has 1 aromatic carbocycles. The Balaban J connectivity index is 1.79. The minimum atomic E-state index is 0.179. The highest BCUT2D eigenvalue weighted by atomic mass is 16.5. The van der Waals surface area contributed by atoms with Gasteiger partial charge < -0.3 is 15.0 Å². The SMILES string of the molecule is COc1cccc(-c2noc(CC3(CN)CCC3)n2)c1. The summed E-state index contributed by atoms with van der Waals surface area (Å²) in [5.74, 6) is 2.06. The molecule has 5 nitrogen and oxygen atoms in total.